The topological polar surface area (TPSA) is 81.1 Å². The summed E-state index contributed by atoms with van der Waals surface area (Å²) in [7, 11) is 0. The van der Waals surface area contributed by atoms with Gasteiger partial charge in [0.2, 0.25) is 5.89 Å². The normalized spacial score (nSPS) is 16.6. The fourth-order valence-corrected chi connectivity index (χ4v) is 2.59. The highest BCUT2D eigenvalue weighted by Crippen LogP contribution is 2.29. The van der Waals surface area contributed by atoms with Crippen molar-refractivity contribution in [2.24, 2.45) is 0 Å². The minimum Gasteiger partial charge on any atom is -0.397 e. The summed E-state index contributed by atoms with van der Waals surface area (Å²) in [6, 6.07) is 3.86. The predicted molar refractivity (Wildman–Crippen MR) is 81.2 cm³/mol. The molecule has 0 aliphatic carbocycles. The molecule has 6 nitrogen and oxygen atoms in total. The Morgan fingerprint density at radius 2 is 2.05 bits per heavy atom. The zero-order valence-corrected chi connectivity index (χ0v) is 12.5. The van der Waals surface area contributed by atoms with E-state index in [2.05, 4.69) is 33.9 Å². The average Bonchev–Trinajstić information content (AvgIpc) is 2.98. The Morgan fingerprint density at radius 1 is 1.29 bits per heavy atom. The summed E-state index contributed by atoms with van der Waals surface area (Å²) in [5, 5.41) is 4.05. The monoisotopic (exact) mass is 287 g/mol. The average molecular weight is 287 g/mol. The van der Waals surface area contributed by atoms with Crippen molar-refractivity contribution in [1.29, 1.82) is 0 Å². The van der Waals surface area contributed by atoms with Crippen LogP contribution in [-0.4, -0.2) is 28.2 Å². The maximum Gasteiger partial charge on any atom is 0.229 e. The van der Waals surface area contributed by atoms with E-state index in [0.29, 0.717) is 17.5 Å². The molecule has 0 bridgehead atoms. The molecule has 0 atom stereocenters. The summed E-state index contributed by atoms with van der Waals surface area (Å²) >= 11 is 0. The van der Waals surface area contributed by atoms with E-state index in [0.717, 1.165) is 43.5 Å². The molecule has 1 fully saturated rings. The van der Waals surface area contributed by atoms with E-state index < -0.39 is 0 Å². The van der Waals surface area contributed by atoms with Crippen LogP contribution < -0.4 is 10.6 Å². The summed E-state index contributed by atoms with van der Waals surface area (Å²) in [6.07, 6.45) is 3.71. The number of nitrogen functional groups attached to an aromatic ring is 1. The quantitative estimate of drug-likeness (QED) is 0.934. The largest absolute Gasteiger partial charge is 0.397 e. The summed E-state index contributed by atoms with van der Waals surface area (Å²) in [6.45, 7) is 6.04. The van der Waals surface area contributed by atoms with Gasteiger partial charge in [-0.05, 0) is 25.0 Å². The van der Waals surface area contributed by atoms with Gasteiger partial charge in [0, 0.05) is 24.9 Å². The molecule has 3 heterocycles. The molecule has 3 rings (SSSR count). The Morgan fingerprint density at radius 3 is 2.62 bits per heavy atom. The molecule has 0 unspecified atom stereocenters. The summed E-state index contributed by atoms with van der Waals surface area (Å²) < 4.78 is 5.41. The Bertz CT molecular complexity index is 584. The van der Waals surface area contributed by atoms with Gasteiger partial charge in [0.25, 0.3) is 0 Å². The molecule has 1 aliphatic heterocycles. The third kappa shape index (κ3) is 2.99. The number of nitrogens with zero attached hydrogens (tertiary/aromatic N) is 4. The second-order valence-electron chi connectivity index (χ2n) is 5.86. The highest BCUT2D eigenvalue weighted by Gasteiger charge is 2.26. The van der Waals surface area contributed by atoms with Gasteiger partial charge in [0.05, 0.1) is 11.9 Å². The number of pyridine rings is 1. The van der Waals surface area contributed by atoms with E-state index in [-0.39, 0.29) is 0 Å². The van der Waals surface area contributed by atoms with Gasteiger partial charge >= 0.3 is 0 Å². The molecule has 6 heteroatoms. The molecule has 0 amide bonds. The number of aromatic nitrogens is 3. The molecule has 1 saturated heterocycles. The van der Waals surface area contributed by atoms with Gasteiger partial charge in [-0.3, -0.25) is 0 Å². The van der Waals surface area contributed by atoms with E-state index >= 15 is 0 Å². The lowest BCUT2D eigenvalue weighted by atomic mass is 9.96. The standard InChI is InChI=1S/C15H21N5O/c1-10(2)14-18-15(21-19-14)11-5-7-20(8-6-11)13-4-3-12(16)9-17-13/h3-4,9-11H,5-8,16H2,1-2H3. The first-order chi connectivity index (χ1) is 10.1. The summed E-state index contributed by atoms with van der Waals surface area (Å²) in [5.74, 6) is 3.23. The molecule has 112 valence electrons. The van der Waals surface area contributed by atoms with Gasteiger partial charge in [0.1, 0.15) is 5.82 Å². The minimum atomic E-state index is 0.307. The zero-order chi connectivity index (χ0) is 14.8. The van der Waals surface area contributed by atoms with Crippen LogP contribution in [-0.2, 0) is 0 Å². The van der Waals surface area contributed by atoms with Crippen molar-refractivity contribution in [2.75, 3.05) is 23.7 Å². The van der Waals surface area contributed by atoms with E-state index in [1.54, 1.807) is 6.20 Å². The Hall–Kier alpha value is -2.11. The number of hydrogen-bond acceptors (Lipinski definition) is 6. The Labute approximate surface area is 124 Å². The minimum absolute atomic E-state index is 0.307. The van der Waals surface area contributed by atoms with Crippen LogP contribution in [0.25, 0.3) is 0 Å². The van der Waals surface area contributed by atoms with Crippen molar-refractivity contribution in [3.63, 3.8) is 0 Å². The fourth-order valence-electron chi connectivity index (χ4n) is 2.59. The zero-order valence-electron chi connectivity index (χ0n) is 12.5. The molecule has 1 aliphatic rings. The molecule has 0 saturated carbocycles. The van der Waals surface area contributed by atoms with Crippen LogP contribution in [0.4, 0.5) is 11.5 Å². The number of anilines is 2. The lowest BCUT2D eigenvalue weighted by Gasteiger charge is -2.31. The molecule has 0 aromatic carbocycles. The first-order valence-corrected chi connectivity index (χ1v) is 7.43. The molecule has 2 aromatic rings. The van der Waals surface area contributed by atoms with Crippen molar-refractivity contribution in [1.82, 2.24) is 15.1 Å². The van der Waals surface area contributed by atoms with Gasteiger partial charge < -0.3 is 15.2 Å². The van der Waals surface area contributed by atoms with Crippen LogP contribution in [0, 0.1) is 0 Å². The van der Waals surface area contributed by atoms with Crippen molar-refractivity contribution in [3.8, 4) is 0 Å². The second-order valence-corrected chi connectivity index (χ2v) is 5.86. The number of nitrogens with two attached hydrogens (primary N) is 1. The molecule has 0 radical (unpaired) electrons. The number of piperidine rings is 1. The number of hydrogen-bond donors (Lipinski definition) is 1. The van der Waals surface area contributed by atoms with Gasteiger partial charge in [-0.1, -0.05) is 19.0 Å². The summed E-state index contributed by atoms with van der Waals surface area (Å²) in [5.41, 5.74) is 6.37. The highest BCUT2D eigenvalue weighted by atomic mass is 16.5. The summed E-state index contributed by atoms with van der Waals surface area (Å²) in [4.78, 5) is 11.2. The SMILES string of the molecule is CC(C)c1noc(C2CCN(c3ccc(N)cn3)CC2)n1. The molecule has 2 aromatic heterocycles. The van der Waals surface area contributed by atoms with Crippen LogP contribution >= 0.6 is 0 Å². The van der Waals surface area contributed by atoms with Crippen LogP contribution in [0.2, 0.25) is 0 Å². The van der Waals surface area contributed by atoms with Gasteiger partial charge in [-0.25, -0.2) is 4.98 Å². The fraction of sp³-hybridized carbons (Fsp3) is 0.533. The predicted octanol–water partition coefficient (Wildman–Crippen LogP) is 2.55. The van der Waals surface area contributed by atoms with Crippen molar-refractivity contribution in [3.05, 3.63) is 30.0 Å². The van der Waals surface area contributed by atoms with E-state index in [9.17, 15) is 0 Å². The Kier molecular flexibility index (Phi) is 3.77. The lowest BCUT2D eigenvalue weighted by molar-refractivity contribution is 0.325. The van der Waals surface area contributed by atoms with Crippen molar-refractivity contribution in [2.45, 2.75) is 38.5 Å². The van der Waals surface area contributed by atoms with E-state index in [1.165, 1.54) is 0 Å². The Balaban J connectivity index is 1.63. The maximum atomic E-state index is 5.67. The smallest absolute Gasteiger partial charge is 0.229 e. The van der Waals surface area contributed by atoms with Crippen LogP contribution in [0.5, 0.6) is 0 Å². The second kappa shape index (κ2) is 5.71. The van der Waals surface area contributed by atoms with Crippen molar-refractivity contribution < 1.29 is 4.52 Å². The van der Waals surface area contributed by atoms with Gasteiger partial charge in [-0.15, -0.1) is 0 Å². The third-order valence-electron chi connectivity index (χ3n) is 3.91. The van der Waals surface area contributed by atoms with Crippen LogP contribution in [0.3, 0.4) is 0 Å². The van der Waals surface area contributed by atoms with Crippen LogP contribution in [0.15, 0.2) is 22.9 Å². The number of rotatable bonds is 3. The molecular weight excluding hydrogens is 266 g/mol. The maximum absolute atomic E-state index is 5.67. The highest BCUT2D eigenvalue weighted by molar-refractivity contribution is 5.46. The third-order valence-corrected chi connectivity index (χ3v) is 3.91. The first kappa shape index (κ1) is 13.9. The molecule has 0 spiro atoms. The molecule has 21 heavy (non-hydrogen) atoms. The van der Waals surface area contributed by atoms with E-state index in [4.69, 9.17) is 10.3 Å². The molecular formula is C15H21N5O. The van der Waals surface area contributed by atoms with Gasteiger partial charge in [0.15, 0.2) is 5.82 Å². The lowest BCUT2D eigenvalue weighted by Crippen LogP contribution is -2.33. The van der Waals surface area contributed by atoms with Gasteiger partial charge in [-0.2, -0.15) is 4.98 Å². The van der Waals surface area contributed by atoms with E-state index in [1.807, 2.05) is 12.1 Å². The molecule has 2 N–H and O–H groups in total. The first-order valence-electron chi connectivity index (χ1n) is 7.43. The van der Waals surface area contributed by atoms with Crippen LogP contribution in [0.1, 0.15) is 50.2 Å². The van der Waals surface area contributed by atoms with Crippen molar-refractivity contribution >= 4 is 11.5 Å².